The normalized spacial score (nSPS) is 12.8. The van der Waals surface area contributed by atoms with Crippen molar-refractivity contribution in [3.05, 3.63) is 71.3 Å². The number of carbonyl (C=O) groups is 2. The number of benzene rings is 2. The Hall–Kier alpha value is -2.27. The second kappa shape index (κ2) is 12.4. The third-order valence-corrected chi connectivity index (χ3v) is 6.29. The second-order valence-corrected chi connectivity index (χ2v) is 8.65. The fourth-order valence-electron chi connectivity index (χ4n) is 3.24. The maximum atomic E-state index is 13.2. The first-order valence-corrected chi connectivity index (χ1v) is 11.9. The van der Waals surface area contributed by atoms with Crippen molar-refractivity contribution in [1.82, 2.24) is 10.2 Å². The summed E-state index contributed by atoms with van der Waals surface area (Å²) < 4.78 is 0. The maximum Gasteiger partial charge on any atom is 0.243 e. The van der Waals surface area contributed by atoms with Crippen molar-refractivity contribution < 1.29 is 9.59 Å². The van der Waals surface area contributed by atoms with Gasteiger partial charge in [0, 0.05) is 18.3 Å². The Morgan fingerprint density at radius 3 is 2.30 bits per heavy atom. The molecule has 5 heteroatoms. The van der Waals surface area contributed by atoms with Gasteiger partial charge in [0.1, 0.15) is 6.04 Å². The van der Waals surface area contributed by atoms with Crippen LogP contribution in [-0.4, -0.2) is 34.6 Å². The lowest BCUT2D eigenvalue weighted by molar-refractivity contribution is -0.139. The minimum absolute atomic E-state index is 0.00332. The molecule has 2 aromatic rings. The summed E-state index contributed by atoms with van der Waals surface area (Å²) in [5.41, 5.74) is 3.51. The molecule has 0 aliphatic heterocycles. The molecule has 162 valence electrons. The highest BCUT2D eigenvalue weighted by molar-refractivity contribution is 7.99. The monoisotopic (exact) mass is 426 g/mol. The van der Waals surface area contributed by atoms with Crippen LogP contribution in [0.1, 0.15) is 50.3 Å². The van der Waals surface area contributed by atoms with Crippen molar-refractivity contribution in [2.75, 3.05) is 5.75 Å². The predicted octanol–water partition coefficient (Wildman–Crippen LogP) is 4.95. The zero-order valence-electron chi connectivity index (χ0n) is 18.6. The molecule has 0 aliphatic rings. The number of nitrogens with zero attached hydrogens (tertiary/aromatic N) is 1. The van der Waals surface area contributed by atoms with E-state index in [1.54, 1.807) is 16.7 Å². The summed E-state index contributed by atoms with van der Waals surface area (Å²) in [5.74, 6) is 1.07. The highest BCUT2D eigenvalue weighted by atomic mass is 32.2. The number of amides is 2. The second-order valence-electron chi connectivity index (χ2n) is 7.67. The van der Waals surface area contributed by atoms with Gasteiger partial charge in [-0.05, 0) is 43.4 Å². The van der Waals surface area contributed by atoms with Crippen LogP contribution in [0.4, 0.5) is 0 Å². The fraction of sp³-hybridized carbons (Fsp3) is 0.440. The topological polar surface area (TPSA) is 49.4 Å². The molecule has 0 saturated carbocycles. The highest BCUT2D eigenvalue weighted by Crippen LogP contribution is 2.19. The van der Waals surface area contributed by atoms with Crippen LogP contribution in [0.25, 0.3) is 0 Å². The van der Waals surface area contributed by atoms with Gasteiger partial charge in [0.15, 0.2) is 0 Å². The zero-order chi connectivity index (χ0) is 21.9. The lowest BCUT2D eigenvalue weighted by Gasteiger charge is -2.31. The first-order valence-electron chi connectivity index (χ1n) is 10.7. The molecule has 0 saturated heterocycles. The van der Waals surface area contributed by atoms with Gasteiger partial charge >= 0.3 is 0 Å². The summed E-state index contributed by atoms with van der Waals surface area (Å²) in [6.07, 6.45) is 1.45. The number of aryl methyl sites for hydroxylation is 1. The summed E-state index contributed by atoms with van der Waals surface area (Å²) >= 11 is 1.60. The first kappa shape index (κ1) is 24.0. The average Bonchev–Trinajstić information content (AvgIpc) is 2.75. The standard InChI is InChI=1S/C25H34N2O2S/c1-5-20(4)26-25(29)23(6-2)27(16-21-13-8-7-9-14-21)24(28)18-30-17-22-15-11-10-12-19(22)3/h7-15,20,23H,5-6,16-18H2,1-4H3,(H,26,29)/t20-,23-/m1/s1. The van der Waals surface area contributed by atoms with Crippen molar-refractivity contribution in [2.45, 2.75) is 64.9 Å². The third kappa shape index (κ3) is 7.21. The lowest BCUT2D eigenvalue weighted by Crippen LogP contribution is -2.51. The average molecular weight is 427 g/mol. The van der Waals surface area contributed by atoms with Gasteiger partial charge in [0.2, 0.25) is 11.8 Å². The van der Waals surface area contributed by atoms with Crippen LogP contribution in [-0.2, 0) is 21.9 Å². The third-order valence-electron chi connectivity index (χ3n) is 5.33. The molecule has 2 aromatic carbocycles. The fourth-order valence-corrected chi connectivity index (χ4v) is 4.23. The van der Waals surface area contributed by atoms with E-state index < -0.39 is 6.04 Å². The van der Waals surface area contributed by atoms with Gasteiger partial charge < -0.3 is 10.2 Å². The molecule has 2 rings (SSSR count). The Morgan fingerprint density at radius 2 is 1.67 bits per heavy atom. The highest BCUT2D eigenvalue weighted by Gasteiger charge is 2.29. The summed E-state index contributed by atoms with van der Waals surface area (Å²) in [5, 5.41) is 3.05. The van der Waals surface area contributed by atoms with E-state index >= 15 is 0 Å². The van der Waals surface area contributed by atoms with Crippen molar-refractivity contribution in [2.24, 2.45) is 0 Å². The molecule has 0 aromatic heterocycles. The van der Waals surface area contributed by atoms with Gasteiger partial charge in [-0.1, -0.05) is 68.4 Å². The van der Waals surface area contributed by atoms with Gasteiger partial charge in [0.25, 0.3) is 0 Å². The van der Waals surface area contributed by atoms with Crippen LogP contribution < -0.4 is 5.32 Å². The SMILES string of the molecule is CC[C@@H](C)NC(=O)[C@@H](CC)N(Cc1ccccc1)C(=O)CSCc1ccccc1C. The number of thioether (sulfide) groups is 1. The number of carbonyl (C=O) groups excluding carboxylic acids is 2. The van der Waals surface area contributed by atoms with Gasteiger partial charge in [-0.2, -0.15) is 0 Å². The van der Waals surface area contributed by atoms with E-state index in [1.807, 2.05) is 63.2 Å². The van der Waals surface area contributed by atoms with Crippen molar-refractivity contribution in [3.63, 3.8) is 0 Å². The molecule has 4 nitrogen and oxygen atoms in total. The van der Waals surface area contributed by atoms with Gasteiger partial charge in [-0.15, -0.1) is 11.8 Å². The Balaban J connectivity index is 2.11. The summed E-state index contributed by atoms with van der Waals surface area (Å²) in [7, 11) is 0. The van der Waals surface area contributed by atoms with Crippen LogP contribution >= 0.6 is 11.8 Å². The molecule has 0 radical (unpaired) electrons. The number of nitrogens with one attached hydrogen (secondary N) is 1. The van der Waals surface area contributed by atoms with Crippen LogP contribution in [0, 0.1) is 6.92 Å². The van der Waals surface area contributed by atoms with Crippen molar-refractivity contribution >= 4 is 23.6 Å². The van der Waals surface area contributed by atoms with E-state index in [0.717, 1.165) is 17.7 Å². The molecule has 0 unspecified atom stereocenters. The van der Waals surface area contributed by atoms with E-state index in [4.69, 9.17) is 0 Å². The smallest absolute Gasteiger partial charge is 0.243 e. The molecule has 2 amide bonds. The molecule has 0 fully saturated rings. The molecule has 1 N–H and O–H groups in total. The van der Waals surface area contributed by atoms with E-state index in [2.05, 4.69) is 24.4 Å². The Morgan fingerprint density at radius 1 is 1.00 bits per heavy atom. The molecular weight excluding hydrogens is 392 g/mol. The number of hydrogen-bond acceptors (Lipinski definition) is 3. The van der Waals surface area contributed by atoms with Crippen LogP contribution in [0.5, 0.6) is 0 Å². The maximum absolute atomic E-state index is 13.2. The molecule has 2 atom stereocenters. The van der Waals surface area contributed by atoms with Crippen molar-refractivity contribution in [1.29, 1.82) is 0 Å². The molecule has 0 bridgehead atoms. The minimum Gasteiger partial charge on any atom is -0.352 e. The molecule has 0 spiro atoms. The molecule has 0 aliphatic carbocycles. The summed E-state index contributed by atoms with van der Waals surface area (Å²) in [6, 6.07) is 17.8. The Labute approximate surface area is 185 Å². The molecular formula is C25H34N2O2S. The summed E-state index contributed by atoms with van der Waals surface area (Å²) in [6.45, 7) is 8.53. The lowest BCUT2D eigenvalue weighted by atomic mass is 10.1. The first-order chi connectivity index (χ1) is 14.5. The van der Waals surface area contributed by atoms with Crippen LogP contribution in [0.3, 0.4) is 0 Å². The van der Waals surface area contributed by atoms with Crippen LogP contribution in [0.15, 0.2) is 54.6 Å². The Bertz CT molecular complexity index is 810. The van der Waals surface area contributed by atoms with Gasteiger partial charge in [-0.25, -0.2) is 0 Å². The minimum atomic E-state index is -0.467. The number of rotatable bonds is 11. The molecule has 0 heterocycles. The van der Waals surface area contributed by atoms with E-state index in [1.165, 1.54) is 11.1 Å². The molecule has 30 heavy (non-hydrogen) atoms. The quantitative estimate of drug-likeness (QED) is 0.553. The van der Waals surface area contributed by atoms with Gasteiger partial charge in [-0.3, -0.25) is 9.59 Å². The van der Waals surface area contributed by atoms with E-state index in [-0.39, 0.29) is 17.9 Å². The predicted molar refractivity (Wildman–Crippen MR) is 126 cm³/mol. The van der Waals surface area contributed by atoms with Crippen molar-refractivity contribution in [3.8, 4) is 0 Å². The zero-order valence-corrected chi connectivity index (χ0v) is 19.4. The van der Waals surface area contributed by atoms with Crippen LogP contribution in [0.2, 0.25) is 0 Å². The Kier molecular flexibility index (Phi) is 9.95. The largest absolute Gasteiger partial charge is 0.352 e. The van der Waals surface area contributed by atoms with E-state index in [0.29, 0.717) is 18.7 Å². The summed E-state index contributed by atoms with van der Waals surface area (Å²) in [4.78, 5) is 27.9. The van der Waals surface area contributed by atoms with Gasteiger partial charge in [0.05, 0.1) is 5.75 Å². The number of hydrogen-bond donors (Lipinski definition) is 1. The van der Waals surface area contributed by atoms with E-state index in [9.17, 15) is 9.59 Å².